The van der Waals surface area contributed by atoms with Crippen LogP contribution >= 0.6 is 0 Å². The predicted molar refractivity (Wildman–Crippen MR) is 61.0 cm³/mol. The van der Waals surface area contributed by atoms with Gasteiger partial charge in [0.05, 0.1) is 6.54 Å². The van der Waals surface area contributed by atoms with Crippen LogP contribution in [0.3, 0.4) is 0 Å². The summed E-state index contributed by atoms with van der Waals surface area (Å²) >= 11 is 0. The number of imidazole rings is 1. The van der Waals surface area contributed by atoms with Crippen molar-refractivity contribution in [3.05, 3.63) is 18.2 Å². The fourth-order valence-corrected chi connectivity index (χ4v) is 2.06. The van der Waals surface area contributed by atoms with Gasteiger partial charge in [0.1, 0.15) is 5.82 Å². The zero-order chi connectivity index (χ0) is 13.0. The average Bonchev–Trinajstić information content (AvgIpc) is 2.96. The molecular formula is C11H16F2N4O. The molecule has 0 aromatic carbocycles. The molecule has 1 saturated heterocycles. The largest absolute Gasteiger partial charge is 0.349 e. The minimum Gasteiger partial charge on any atom is -0.349 e. The Morgan fingerprint density at radius 1 is 1.67 bits per heavy atom. The molecule has 1 amide bonds. The maximum atomic E-state index is 12.5. The van der Waals surface area contributed by atoms with Crippen LogP contribution in [0.5, 0.6) is 0 Å². The van der Waals surface area contributed by atoms with Gasteiger partial charge in [-0.15, -0.1) is 0 Å². The Kier molecular flexibility index (Phi) is 4.24. The molecule has 7 heteroatoms. The minimum atomic E-state index is -2.63. The third-order valence-electron chi connectivity index (χ3n) is 3.00. The first-order chi connectivity index (χ1) is 8.66. The molecular weight excluding hydrogens is 242 g/mol. The number of alkyl halides is 2. The molecule has 1 aromatic rings. The molecule has 2 heterocycles. The monoisotopic (exact) mass is 258 g/mol. The van der Waals surface area contributed by atoms with Gasteiger partial charge in [0, 0.05) is 24.9 Å². The number of aromatic nitrogens is 2. The third-order valence-corrected chi connectivity index (χ3v) is 3.00. The SMILES string of the molecule is O=C(CC1CCCN1)NCc1nccn1C(F)F. The van der Waals surface area contributed by atoms with Gasteiger partial charge >= 0.3 is 6.55 Å². The lowest BCUT2D eigenvalue weighted by Gasteiger charge is -2.11. The molecule has 1 unspecified atom stereocenters. The normalized spacial score (nSPS) is 19.4. The van der Waals surface area contributed by atoms with Crippen LogP contribution in [-0.4, -0.2) is 28.0 Å². The van der Waals surface area contributed by atoms with E-state index in [2.05, 4.69) is 15.6 Å². The number of carbonyl (C=O) groups excluding carboxylic acids is 1. The van der Waals surface area contributed by atoms with Crippen LogP contribution in [0.2, 0.25) is 0 Å². The maximum absolute atomic E-state index is 12.5. The van der Waals surface area contributed by atoms with Crippen molar-refractivity contribution in [2.45, 2.75) is 38.4 Å². The number of carbonyl (C=O) groups is 1. The molecule has 0 radical (unpaired) electrons. The van der Waals surface area contributed by atoms with E-state index in [0.717, 1.165) is 24.0 Å². The highest BCUT2D eigenvalue weighted by Gasteiger charge is 2.18. The highest BCUT2D eigenvalue weighted by molar-refractivity contribution is 5.76. The van der Waals surface area contributed by atoms with Crippen molar-refractivity contribution in [2.75, 3.05) is 6.54 Å². The summed E-state index contributed by atoms with van der Waals surface area (Å²) in [6.07, 6.45) is 4.94. The molecule has 1 aromatic heterocycles. The molecule has 2 rings (SSSR count). The van der Waals surface area contributed by atoms with E-state index in [9.17, 15) is 13.6 Å². The summed E-state index contributed by atoms with van der Waals surface area (Å²) in [5, 5.41) is 5.82. The Morgan fingerprint density at radius 3 is 3.17 bits per heavy atom. The lowest BCUT2D eigenvalue weighted by molar-refractivity contribution is -0.121. The molecule has 1 aliphatic rings. The molecule has 1 fully saturated rings. The van der Waals surface area contributed by atoms with Crippen LogP contribution in [0.4, 0.5) is 8.78 Å². The number of nitrogens with one attached hydrogen (secondary N) is 2. The van der Waals surface area contributed by atoms with Gasteiger partial charge in [-0.05, 0) is 19.4 Å². The maximum Gasteiger partial charge on any atom is 0.319 e. The van der Waals surface area contributed by atoms with E-state index in [-0.39, 0.29) is 24.3 Å². The summed E-state index contributed by atoms with van der Waals surface area (Å²) in [7, 11) is 0. The third kappa shape index (κ3) is 3.25. The van der Waals surface area contributed by atoms with Gasteiger partial charge in [-0.3, -0.25) is 9.36 Å². The lowest BCUT2D eigenvalue weighted by Crippen LogP contribution is -2.32. The molecule has 2 N–H and O–H groups in total. The quantitative estimate of drug-likeness (QED) is 0.829. The Hall–Kier alpha value is -1.50. The number of rotatable bonds is 5. The Balaban J connectivity index is 1.79. The van der Waals surface area contributed by atoms with Gasteiger partial charge in [-0.25, -0.2) is 4.98 Å². The van der Waals surface area contributed by atoms with E-state index in [4.69, 9.17) is 0 Å². The first-order valence-corrected chi connectivity index (χ1v) is 5.97. The van der Waals surface area contributed by atoms with Crippen molar-refractivity contribution in [2.24, 2.45) is 0 Å². The molecule has 18 heavy (non-hydrogen) atoms. The first-order valence-electron chi connectivity index (χ1n) is 5.97. The highest BCUT2D eigenvalue weighted by Crippen LogP contribution is 2.12. The topological polar surface area (TPSA) is 59.0 Å². The van der Waals surface area contributed by atoms with E-state index < -0.39 is 6.55 Å². The summed E-state index contributed by atoms with van der Waals surface area (Å²) in [5.41, 5.74) is 0. The molecule has 100 valence electrons. The van der Waals surface area contributed by atoms with Gasteiger partial charge < -0.3 is 10.6 Å². The van der Waals surface area contributed by atoms with Crippen molar-refractivity contribution in [1.29, 1.82) is 0 Å². The smallest absolute Gasteiger partial charge is 0.319 e. The van der Waals surface area contributed by atoms with E-state index in [1.807, 2.05) is 0 Å². The molecule has 0 aliphatic carbocycles. The van der Waals surface area contributed by atoms with Crippen molar-refractivity contribution >= 4 is 5.91 Å². The number of amides is 1. The molecule has 0 bridgehead atoms. The van der Waals surface area contributed by atoms with Crippen LogP contribution in [-0.2, 0) is 11.3 Å². The standard InChI is InChI=1S/C11H16F2N4O/c12-11(13)17-5-4-15-9(17)7-16-10(18)6-8-2-1-3-14-8/h4-5,8,11,14H,1-3,6-7H2,(H,16,18). The van der Waals surface area contributed by atoms with Gasteiger partial charge in [0.25, 0.3) is 0 Å². The minimum absolute atomic E-state index is 0.0306. The van der Waals surface area contributed by atoms with Crippen molar-refractivity contribution in [3.8, 4) is 0 Å². The van der Waals surface area contributed by atoms with Crippen LogP contribution in [0.25, 0.3) is 0 Å². The Labute approximate surface area is 104 Å². The van der Waals surface area contributed by atoms with Crippen LogP contribution in [0.15, 0.2) is 12.4 Å². The highest BCUT2D eigenvalue weighted by atomic mass is 19.3. The Bertz CT molecular complexity index is 402. The summed E-state index contributed by atoms with van der Waals surface area (Å²) in [6, 6.07) is 0.208. The second kappa shape index (κ2) is 5.90. The molecule has 0 saturated carbocycles. The zero-order valence-electron chi connectivity index (χ0n) is 9.90. The van der Waals surface area contributed by atoms with E-state index >= 15 is 0 Å². The molecule has 0 spiro atoms. The molecule has 5 nitrogen and oxygen atoms in total. The molecule has 1 aliphatic heterocycles. The lowest BCUT2D eigenvalue weighted by atomic mass is 10.1. The van der Waals surface area contributed by atoms with Crippen molar-refractivity contribution in [3.63, 3.8) is 0 Å². The number of nitrogens with zero attached hydrogens (tertiary/aromatic N) is 2. The Morgan fingerprint density at radius 2 is 2.50 bits per heavy atom. The second-order valence-corrected chi connectivity index (χ2v) is 4.30. The summed E-state index contributed by atoms with van der Waals surface area (Å²) in [4.78, 5) is 15.4. The van der Waals surface area contributed by atoms with Crippen molar-refractivity contribution in [1.82, 2.24) is 20.2 Å². The van der Waals surface area contributed by atoms with Gasteiger partial charge in [0.15, 0.2) is 0 Å². The van der Waals surface area contributed by atoms with Crippen LogP contribution in [0.1, 0.15) is 31.6 Å². The van der Waals surface area contributed by atoms with E-state index in [0.29, 0.717) is 6.42 Å². The average molecular weight is 258 g/mol. The van der Waals surface area contributed by atoms with Crippen LogP contribution < -0.4 is 10.6 Å². The zero-order valence-corrected chi connectivity index (χ0v) is 9.90. The van der Waals surface area contributed by atoms with Gasteiger partial charge in [-0.1, -0.05) is 0 Å². The predicted octanol–water partition coefficient (Wildman–Crippen LogP) is 1.04. The van der Waals surface area contributed by atoms with Crippen molar-refractivity contribution < 1.29 is 13.6 Å². The first kappa shape index (κ1) is 12.9. The fraction of sp³-hybridized carbons (Fsp3) is 0.636. The van der Waals surface area contributed by atoms with Gasteiger partial charge in [0.2, 0.25) is 5.91 Å². The van der Waals surface area contributed by atoms with Gasteiger partial charge in [-0.2, -0.15) is 8.78 Å². The number of hydrogen-bond donors (Lipinski definition) is 2. The molecule has 1 atom stereocenters. The van der Waals surface area contributed by atoms with E-state index in [1.165, 1.54) is 12.4 Å². The van der Waals surface area contributed by atoms with E-state index in [1.54, 1.807) is 0 Å². The number of hydrogen-bond acceptors (Lipinski definition) is 3. The summed E-state index contributed by atoms with van der Waals surface area (Å²) in [5.74, 6) is 0.0240. The van der Waals surface area contributed by atoms with Crippen LogP contribution in [0, 0.1) is 0 Å². The summed E-state index contributed by atoms with van der Waals surface area (Å²) in [6.45, 7) is -1.66. The second-order valence-electron chi connectivity index (χ2n) is 4.30. The fourth-order valence-electron chi connectivity index (χ4n) is 2.06. The number of halogens is 2. The summed E-state index contributed by atoms with van der Waals surface area (Å²) < 4.78 is 25.8.